The topological polar surface area (TPSA) is 29.3 Å². The van der Waals surface area contributed by atoms with Crippen LogP contribution >= 0.6 is 0 Å². The Morgan fingerprint density at radius 2 is 1.71 bits per heavy atom. The number of nitrogens with two attached hydrogens (primary N) is 1. The first kappa shape index (κ1) is 13.9. The summed E-state index contributed by atoms with van der Waals surface area (Å²) < 4.78 is 0. The van der Waals surface area contributed by atoms with E-state index in [1.165, 1.54) is 6.42 Å². The minimum Gasteiger partial charge on any atom is -0.329 e. The minimum atomic E-state index is 0.143. The number of likely N-dealkylation sites (N-methyl/N-ethyl adjacent to an activating group) is 1. The first-order valence-corrected chi connectivity index (χ1v) is 5.90. The van der Waals surface area contributed by atoms with E-state index in [9.17, 15) is 0 Å². The van der Waals surface area contributed by atoms with Gasteiger partial charge in [0.25, 0.3) is 0 Å². The van der Waals surface area contributed by atoms with Crippen LogP contribution in [0, 0.1) is 5.92 Å². The smallest absolute Gasteiger partial charge is 0.0329 e. The number of hydrogen-bond acceptors (Lipinski definition) is 2. The first-order valence-electron chi connectivity index (χ1n) is 5.90. The summed E-state index contributed by atoms with van der Waals surface area (Å²) in [5.41, 5.74) is 6.08. The van der Waals surface area contributed by atoms with Gasteiger partial charge in [-0.2, -0.15) is 0 Å². The van der Waals surface area contributed by atoms with Crippen LogP contribution < -0.4 is 5.73 Å². The first-order chi connectivity index (χ1) is 6.43. The van der Waals surface area contributed by atoms with E-state index in [2.05, 4.69) is 46.4 Å². The highest BCUT2D eigenvalue weighted by Crippen LogP contribution is 2.26. The van der Waals surface area contributed by atoms with Gasteiger partial charge in [0.1, 0.15) is 0 Å². The molecule has 0 aromatic carbocycles. The Morgan fingerprint density at radius 1 is 1.21 bits per heavy atom. The molecular weight excluding hydrogens is 172 g/mol. The van der Waals surface area contributed by atoms with Gasteiger partial charge in [0, 0.05) is 18.1 Å². The largest absolute Gasteiger partial charge is 0.329 e. The van der Waals surface area contributed by atoms with Gasteiger partial charge >= 0.3 is 0 Å². The lowest BCUT2D eigenvalue weighted by Gasteiger charge is -2.46. The van der Waals surface area contributed by atoms with E-state index in [0.29, 0.717) is 12.0 Å². The Morgan fingerprint density at radius 3 is 1.93 bits per heavy atom. The van der Waals surface area contributed by atoms with Gasteiger partial charge in [0.15, 0.2) is 0 Å². The zero-order valence-corrected chi connectivity index (χ0v) is 10.8. The summed E-state index contributed by atoms with van der Waals surface area (Å²) >= 11 is 0. The second-order valence-electron chi connectivity index (χ2n) is 4.76. The van der Waals surface area contributed by atoms with Crippen LogP contribution in [0.15, 0.2) is 0 Å². The molecular formula is C12H28N2. The third kappa shape index (κ3) is 2.71. The van der Waals surface area contributed by atoms with Crippen molar-refractivity contribution < 1.29 is 0 Å². The van der Waals surface area contributed by atoms with Crippen LogP contribution in [0.2, 0.25) is 0 Å². The zero-order chi connectivity index (χ0) is 11.4. The third-order valence-electron chi connectivity index (χ3n) is 3.78. The molecule has 0 bridgehead atoms. The Hall–Kier alpha value is -0.0800. The van der Waals surface area contributed by atoms with Crippen molar-refractivity contribution >= 4 is 0 Å². The normalized spacial score (nSPS) is 18.6. The number of nitrogens with zero attached hydrogens (tertiary/aromatic N) is 1. The monoisotopic (exact) mass is 200 g/mol. The molecule has 2 nitrogen and oxygen atoms in total. The predicted molar refractivity (Wildman–Crippen MR) is 64.4 cm³/mol. The fraction of sp³-hybridized carbons (Fsp3) is 1.00. The van der Waals surface area contributed by atoms with Gasteiger partial charge in [-0.05, 0) is 32.7 Å². The summed E-state index contributed by atoms with van der Waals surface area (Å²) in [5.74, 6) is 0.599. The van der Waals surface area contributed by atoms with Crippen LogP contribution in [0.25, 0.3) is 0 Å². The van der Waals surface area contributed by atoms with Crippen LogP contribution in [-0.2, 0) is 0 Å². The summed E-state index contributed by atoms with van der Waals surface area (Å²) in [4.78, 5) is 2.54. The van der Waals surface area contributed by atoms with Crippen molar-refractivity contribution in [2.75, 3.05) is 13.1 Å². The van der Waals surface area contributed by atoms with Gasteiger partial charge in [-0.15, -0.1) is 0 Å². The van der Waals surface area contributed by atoms with Crippen molar-refractivity contribution in [3.05, 3.63) is 0 Å². The Labute approximate surface area is 89.9 Å². The van der Waals surface area contributed by atoms with Crippen molar-refractivity contribution in [3.8, 4) is 0 Å². The average Bonchev–Trinajstić information content (AvgIpc) is 2.17. The molecule has 0 aliphatic carbocycles. The molecule has 0 aliphatic heterocycles. The Kier molecular flexibility index (Phi) is 5.68. The molecule has 14 heavy (non-hydrogen) atoms. The maximum Gasteiger partial charge on any atom is 0.0329 e. The zero-order valence-electron chi connectivity index (χ0n) is 10.8. The van der Waals surface area contributed by atoms with E-state index in [4.69, 9.17) is 5.73 Å². The van der Waals surface area contributed by atoms with E-state index >= 15 is 0 Å². The van der Waals surface area contributed by atoms with Crippen molar-refractivity contribution in [3.63, 3.8) is 0 Å². The average molecular weight is 200 g/mol. The van der Waals surface area contributed by atoms with E-state index in [1.807, 2.05) is 0 Å². The highest BCUT2D eigenvalue weighted by molar-refractivity contribution is 4.91. The molecule has 0 fully saturated rings. The quantitative estimate of drug-likeness (QED) is 0.714. The molecule has 86 valence electrons. The van der Waals surface area contributed by atoms with Gasteiger partial charge < -0.3 is 5.73 Å². The lowest BCUT2D eigenvalue weighted by molar-refractivity contribution is 0.0358. The predicted octanol–water partition coefficient (Wildman–Crippen LogP) is 2.48. The molecule has 0 amide bonds. The van der Waals surface area contributed by atoms with Crippen LogP contribution in [0.3, 0.4) is 0 Å². The van der Waals surface area contributed by atoms with Gasteiger partial charge in [-0.1, -0.05) is 27.7 Å². The minimum absolute atomic E-state index is 0.143. The molecule has 2 atom stereocenters. The Bertz CT molecular complexity index is 156. The second-order valence-corrected chi connectivity index (χ2v) is 4.76. The van der Waals surface area contributed by atoms with Crippen LogP contribution in [0.4, 0.5) is 0 Å². The van der Waals surface area contributed by atoms with Crippen LogP contribution in [0.5, 0.6) is 0 Å². The van der Waals surface area contributed by atoms with E-state index < -0.39 is 0 Å². The second kappa shape index (κ2) is 5.72. The molecule has 0 aliphatic rings. The van der Waals surface area contributed by atoms with Crippen molar-refractivity contribution in [2.24, 2.45) is 11.7 Å². The van der Waals surface area contributed by atoms with Gasteiger partial charge in [-0.3, -0.25) is 4.90 Å². The summed E-state index contributed by atoms with van der Waals surface area (Å²) in [7, 11) is 0. The molecule has 2 heteroatoms. The molecule has 0 saturated carbocycles. The maximum absolute atomic E-state index is 5.94. The molecule has 0 aromatic rings. The molecule has 2 unspecified atom stereocenters. The molecule has 0 heterocycles. The Balaban J connectivity index is 4.76. The number of hydrogen-bond donors (Lipinski definition) is 1. The summed E-state index contributed by atoms with van der Waals surface area (Å²) in [6.07, 6.45) is 1.19. The molecule has 0 rings (SSSR count). The summed E-state index contributed by atoms with van der Waals surface area (Å²) in [6.45, 7) is 15.4. The fourth-order valence-corrected chi connectivity index (χ4v) is 2.08. The van der Waals surface area contributed by atoms with Crippen molar-refractivity contribution in [1.29, 1.82) is 0 Å². The molecule has 0 aromatic heterocycles. The van der Waals surface area contributed by atoms with Crippen LogP contribution in [0.1, 0.15) is 48.0 Å². The molecule has 0 spiro atoms. The van der Waals surface area contributed by atoms with Gasteiger partial charge in [-0.25, -0.2) is 0 Å². The maximum atomic E-state index is 5.94. The lowest BCUT2D eigenvalue weighted by atomic mass is 9.85. The summed E-state index contributed by atoms with van der Waals surface area (Å²) in [5, 5.41) is 0. The highest BCUT2D eigenvalue weighted by atomic mass is 15.2. The summed E-state index contributed by atoms with van der Waals surface area (Å²) in [6, 6.07) is 0.621. The standard InChI is InChI=1S/C12H28N2/c1-7-11(5)14(8-2)12(6,9-13)10(3)4/h10-11H,7-9,13H2,1-6H3. The van der Waals surface area contributed by atoms with Crippen molar-refractivity contribution in [1.82, 2.24) is 4.90 Å². The molecule has 0 saturated heterocycles. The third-order valence-corrected chi connectivity index (χ3v) is 3.78. The SMILES string of the molecule is CCC(C)N(CC)C(C)(CN)C(C)C. The van der Waals surface area contributed by atoms with E-state index in [-0.39, 0.29) is 5.54 Å². The fourth-order valence-electron chi connectivity index (χ4n) is 2.08. The molecule has 2 N–H and O–H groups in total. The molecule has 0 radical (unpaired) electrons. The van der Waals surface area contributed by atoms with E-state index in [0.717, 1.165) is 13.1 Å². The van der Waals surface area contributed by atoms with Crippen molar-refractivity contribution in [2.45, 2.75) is 59.5 Å². The highest BCUT2D eigenvalue weighted by Gasteiger charge is 2.34. The lowest BCUT2D eigenvalue weighted by Crippen LogP contribution is -2.58. The van der Waals surface area contributed by atoms with E-state index in [1.54, 1.807) is 0 Å². The van der Waals surface area contributed by atoms with Crippen LogP contribution in [-0.4, -0.2) is 29.6 Å². The number of rotatable bonds is 6. The van der Waals surface area contributed by atoms with Gasteiger partial charge in [0.2, 0.25) is 0 Å². The van der Waals surface area contributed by atoms with Gasteiger partial charge in [0.05, 0.1) is 0 Å².